The second kappa shape index (κ2) is 8.59. The van der Waals surface area contributed by atoms with E-state index in [1.165, 1.54) is 35.6 Å². The van der Waals surface area contributed by atoms with E-state index in [1.807, 2.05) is 32.0 Å². The molecule has 0 saturated carbocycles. The molecule has 7 heteroatoms. The van der Waals surface area contributed by atoms with Gasteiger partial charge in [0.05, 0.1) is 22.5 Å². The summed E-state index contributed by atoms with van der Waals surface area (Å²) in [5.74, 6) is -0.178. The van der Waals surface area contributed by atoms with Crippen LogP contribution in [0.15, 0.2) is 60.8 Å². The molecule has 0 saturated heterocycles. The van der Waals surface area contributed by atoms with Crippen molar-refractivity contribution in [2.45, 2.75) is 20.4 Å². The summed E-state index contributed by atoms with van der Waals surface area (Å²) >= 11 is 1.47. The number of aryl methyl sites for hydroxylation is 2. The summed E-state index contributed by atoms with van der Waals surface area (Å²) in [5.41, 5.74) is 3.86. The summed E-state index contributed by atoms with van der Waals surface area (Å²) in [4.78, 5) is 23.7. The van der Waals surface area contributed by atoms with Gasteiger partial charge in [-0.1, -0.05) is 23.5 Å². The van der Waals surface area contributed by atoms with Gasteiger partial charge in [0.15, 0.2) is 11.7 Å². The summed E-state index contributed by atoms with van der Waals surface area (Å²) in [6, 6.07) is 15.3. The zero-order valence-electron chi connectivity index (χ0n) is 16.6. The number of benzene rings is 2. The fraction of sp³-hybridized carbons (Fsp3) is 0.174. The lowest BCUT2D eigenvalue weighted by Gasteiger charge is -2.19. The Labute approximate surface area is 177 Å². The van der Waals surface area contributed by atoms with Crippen LogP contribution in [0.2, 0.25) is 0 Å². The Hall–Kier alpha value is -3.32. The Kier molecular flexibility index (Phi) is 5.72. The number of amides is 1. The molecule has 5 nitrogen and oxygen atoms in total. The summed E-state index contributed by atoms with van der Waals surface area (Å²) in [5, 5.41) is 0.594. The number of hydrogen-bond donors (Lipinski definition) is 0. The van der Waals surface area contributed by atoms with Crippen LogP contribution in [-0.2, 0) is 11.3 Å². The van der Waals surface area contributed by atoms with Gasteiger partial charge in [0.1, 0.15) is 11.6 Å². The Bertz CT molecular complexity index is 1180. The third-order valence-electron chi connectivity index (χ3n) is 4.57. The van der Waals surface area contributed by atoms with Crippen molar-refractivity contribution < 1.29 is 13.9 Å². The predicted molar refractivity (Wildman–Crippen MR) is 116 cm³/mol. The van der Waals surface area contributed by atoms with Crippen molar-refractivity contribution in [3.05, 3.63) is 83.4 Å². The van der Waals surface area contributed by atoms with Gasteiger partial charge in [-0.25, -0.2) is 9.37 Å². The Morgan fingerprint density at radius 1 is 1.13 bits per heavy atom. The highest BCUT2D eigenvalue weighted by Gasteiger charge is 2.22. The monoisotopic (exact) mass is 421 g/mol. The Balaban J connectivity index is 1.63. The molecule has 0 aliphatic heterocycles. The number of aromatic nitrogens is 2. The highest BCUT2D eigenvalue weighted by molar-refractivity contribution is 7.22. The number of hydrogen-bond acceptors (Lipinski definition) is 5. The zero-order chi connectivity index (χ0) is 21.1. The number of carbonyl (C=O) groups excluding carboxylic acids is 1. The smallest absolute Gasteiger partial charge is 0.267 e. The first-order valence-electron chi connectivity index (χ1n) is 9.46. The molecule has 0 radical (unpaired) electrons. The first-order chi connectivity index (χ1) is 14.5. The van der Waals surface area contributed by atoms with Gasteiger partial charge in [0, 0.05) is 6.20 Å². The predicted octanol–water partition coefficient (Wildman–Crippen LogP) is 5.06. The van der Waals surface area contributed by atoms with E-state index in [4.69, 9.17) is 9.72 Å². The molecule has 30 heavy (non-hydrogen) atoms. The molecule has 4 rings (SSSR count). The number of pyridine rings is 1. The van der Waals surface area contributed by atoms with E-state index >= 15 is 0 Å². The topological polar surface area (TPSA) is 55.3 Å². The van der Waals surface area contributed by atoms with Crippen LogP contribution >= 0.6 is 11.3 Å². The first-order valence-corrected chi connectivity index (χ1v) is 10.3. The fourth-order valence-electron chi connectivity index (χ4n) is 3.14. The standard InChI is InChI=1S/C23H20FN3O2S/c1-15-11-16(2)22-20(12-15)30-23(26-22)27(13-18-5-3-4-10-25-18)21(28)14-29-19-8-6-17(24)7-9-19/h3-12H,13-14H2,1-2H3. The van der Waals surface area contributed by atoms with Crippen molar-refractivity contribution in [3.63, 3.8) is 0 Å². The maximum Gasteiger partial charge on any atom is 0.267 e. The molecule has 0 atom stereocenters. The van der Waals surface area contributed by atoms with E-state index in [-0.39, 0.29) is 24.9 Å². The van der Waals surface area contributed by atoms with Crippen LogP contribution in [0.5, 0.6) is 5.75 Å². The van der Waals surface area contributed by atoms with Gasteiger partial charge in [-0.2, -0.15) is 0 Å². The second-order valence-corrected chi connectivity index (χ2v) is 7.98. The third kappa shape index (κ3) is 4.46. The van der Waals surface area contributed by atoms with Crippen molar-refractivity contribution in [2.75, 3.05) is 11.5 Å². The lowest BCUT2D eigenvalue weighted by molar-refractivity contribution is -0.120. The summed E-state index contributed by atoms with van der Waals surface area (Å²) < 4.78 is 19.7. The highest BCUT2D eigenvalue weighted by atomic mass is 32.1. The molecule has 0 aliphatic rings. The van der Waals surface area contributed by atoms with E-state index in [9.17, 15) is 9.18 Å². The van der Waals surface area contributed by atoms with E-state index in [1.54, 1.807) is 11.1 Å². The number of fused-ring (bicyclic) bond motifs is 1. The minimum Gasteiger partial charge on any atom is -0.484 e. The molecular formula is C23H20FN3O2S. The molecule has 0 unspecified atom stereocenters. The minimum absolute atomic E-state index is 0.188. The van der Waals surface area contributed by atoms with E-state index in [0.717, 1.165) is 27.0 Å². The number of carbonyl (C=O) groups is 1. The van der Waals surface area contributed by atoms with Crippen LogP contribution in [0.3, 0.4) is 0 Å². The van der Waals surface area contributed by atoms with Crippen molar-refractivity contribution in [3.8, 4) is 5.75 Å². The zero-order valence-corrected chi connectivity index (χ0v) is 17.4. The van der Waals surface area contributed by atoms with Crippen LogP contribution < -0.4 is 9.64 Å². The average Bonchev–Trinajstić information content (AvgIpc) is 3.16. The molecule has 0 spiro atoms. The summed E-state index contributed by atoms with van der Waals surface area (Å²) in [6.45, 7) is 4.15. The quantitative estimate of drug-likeness (QED) is 0.437. The van der Waals surface area contributed by atoms with Gasteiger partial charge in [-0.3, -0.25) is 14.7 Å². The molecule has 0 fully saturated rings. The summed E-state index contributed by atoms with van der Waals surface area (Å²) in [6.07, 6.45) is 1.69. The lowest BCUT2D eigenvalue weighted by atomic mass is 10.1. The normalized spacial score (nSPS) is 10.9. The van der Waals surface area contributed by atoms with Crippen LogP contribution in [0.4, 0.5) is 9.52 Å². The molecule has 152 valence electrons. The highest BCUT2D eigenvalue weighted by Crippen LogP contribution is 2.32. The van der Waals surface area contributed by atoms with Gasteiger partial charge in [0.25, 0.3) is 5.91 Å². The number of anilines is 1. The maximum atomic E-state index is 13.1. The Morgan fingerprint density at radius 2 is 1.93 bits per heavy atom. The van der Waals surface area contributed by atoms with Gasteiger partial charge >= 0.3 is 0 Å². The van der Waals surface area contributed by atoms with Gasteiger partial charge in [-0.15, -0.1) is 0 Å². The average molecular weight is 421 g/mol. The minimum atomic E-state index is -0.356. The van der Waals surface area contributed by atoms with Crippen LogP contribution in [0, 0.1) is 19.7 Å². The maximum absolute atomic E-state index is 13.1. The molecule has 0 bridgehead atoms. The molecular weight excluding hydrogens is 401 g/mol. The van der Waals surface area contributed by atoms with E-state index in [0.29, 0.717) is 10.9 Å². The van der Waals surface area contributed by atoms with Gasteiger partial charge < -0.3 is 4.74 Å². The van der Waals surface area contributed by atoms with Crippen molar-refractivity contribution in [2.24, 2.45) is 0 Å². The van der Waals surface area contributed by atoms with Crippen molar-refractivity contribution in [1.29, 1.82) is 0 Å². The SMILES string of the molecule is Cc1cc(C)c2nc(N(Cc3ccccn3)C(=O)COc3ccc(F)cc3)sc2c1. The van der Waals surface area contributed by atoms with Gasteiger partial charge in [-0.05, 0) is 67.4 Å². The van der Waals surface area contributed by atoms with E-state index in [2.05, 4.69) is 17.1 Å². The molecule has 0 aliphatic carbocycles. The fourth-order valence-corrected chi connectivity index (χ4v) is 4.30. The lowest BCUT2D eigenvalue weighted by Crippen LogP contribution is -2.34. The van der Waals surface area contributed by atoms with Crippen LogP contribution in [0.25, 0.3) is 10.2 Å². The number of ether oxygens (including phenoxy) is 1. The van der Waals surface area contributed by atoms with Gasteiger partial charge in [0.2, 0.25) is 0 Å². The molecule has 2 heterocycles. The largest absolute Gasteiger partial charge is 0.484 e. The van der Waals surface area contributed by atoms with Crippen LogP contribution in [-0.4, -0.2) is 22.5 Å². The van der Waals surface area contributed by atoms with Crippen LogP contribution in [0.1, 0.15) is 16.8 Å². The molecule has 0 N–H and O–H groups in total. The first kappa shape index (κ1) is 20.0. The number of halogens is 1. The number of rotatable bonds is 6. The molecule has 2 aromatic carbocycles. The third-order valence-corrected chi connectivity index (χ3v) is 5.60. The molecule has 1 amide bonds. The number of thiazole rings is 1. The molecule has 2 aromatic heterocycles. The Morgan fingerprint density at radius 3 is 2.67 bits per heavy atom. The van der Waals surface area contributed by atoms with Crippen molar-refractivity contribution >= 4 is 32.6 Å². The van der Waals surface area contributed by atoms with E-state index < -0.39 is 0 Å². The second-order valence-electron chi connectivity index (χ2n) is 6.97. The molecule has 4 aromatic rings. The van der Waals surface area contributed by atoms with Crippen molar-refractivity contribution in [1.82, 2.24) is 9.97 Å². The summed E-state index contributed by atoms with van der Waals surface area (Å²) in [7, 11) is 0. The number of nitrogens with zero attached hydrogens (tertiary/aromatic N) is 3.